The zero-order valence-electron chi connectivity index (χ0n) is 9.08. The normalized spacial score (nSPS) is 24.4. The van der Waals surface area contributed by atoms with Crippen LogP contribution in [0.15, 0.2) is 4.79 Å². The third-order valence-corrected chi connectivity index (χ3v) is 3.26. The van der Waals surface area contributed by atoms with E-state index < -0.39 is 0 Å². The van der Waals surface area contributed by atoms with Crippen LogP contribution in [0, 0.1) is 0 Å². The Bertz CT molecular complexity index is 449. The van der Waals surface area contributed by atoms with Gasteiger partial charge >= 0.3 is 5.69 Å². The monoisotopic (exact) mass is 221 g/mol. The molecule has 16 heavy (non-hydrogen) atoms. The fraction of sp³-hybridized carbons (Fsp3) is 0.636. The Morgan fingerprint density at radius 1 is 1.38 bits per heavy atom. The Morgan fingerprint density at radius 2 is 2.31 bits per heavy atom. The molecule has 5 nitrogen and oxygen atoms in total. The number of ether oxygens (including phenoxy) is 1. The molecule has 3 rings (SSSR count). The van der Waals surface area contributed by atoms with Crippen molar-refractivity contribution in [1.29, 1.82) is 0 Å². The molecule has 2 heterocycles. The summed E-state index contributed by atoms with van der Waals surface area (Å²) in [7, 11) is 0. The average molecular weight is 221 g/mol. The van der Waals surface area contributed by atoms with Crippen molar-refractivity contribution in [3.05, 3.63) is 27.4 Å². The SMILES string of the molecule is O=c1nc(C2COCCN2)c2c([nH]1)CCC2. The number of nitrogens with one attached hydrogen (secondary N) is 2. The summed E-state index contributed by atoms with van der Waals surface area (Å²) in [5.41, 5.74) is 2.96. The highest BCUT2D eigenvalue weighted by molar-refractivity contribution is 5.31. The Labute approximate surface area is 93.2 Å². The molecule has 1 aliphatic carbocycles. The molecule has 86 valence electrons. The van der Waals surface area contributed by atoms with Crippen molar-refractivity contribution in [1.82, 2.24) is 15.3 Å². The topological polar surface area (TPSA) is 67.0 Å². The first-order valence-corrected chi connectivity index (χ1v) is 5.77. The summed E-state index contributed by atoms with van der Waals surface area (Å²) in [5.74, 6) is 0. The summed E-state index contributed by atoms with van der Waals surface area (Å²) < 4.78 is 5.42. The largest absolute Gasteiger partial charge is 0.378 e. The lowest BCUT2D eigenvalue weighted by Gasteiger charge is -2.24. The van der Waals surface area contributed by atoms with Gasteiger partial charge in [0.05, 0.1) is 24.9 Å². The summed E-state index contributed by atoms with van der Waals surface area (Å²) in [4.78, 5) is 18.4. The van der Waals surface area contributed by atoms with Gasteiger partial charge in [0.2, 0.25) is 0 Å². The number of aromatic amines is 1. The van der Waals surface area contributed by atoms with Gasteiger partial charge in [-0.3, -0.25) is 0 Å². The van der Waals surface area contributed by atoms with E-state index in [0.717, 1.165) is 43.8 Å². The van der Waals surface area contributed by atoms with Gasteiger partial charge in [0.25, 0.3) is 0 Å². The van der Waals surface area contributed by atoms with Crippen LogP contribution in [0.25, 0.3) is 0 Å². The minimum atomic E-state index is -0.233. The van der Waals surface area contributed by atoms with Crippen molar-refractivity contribution in [2.45, 2.75) is 25.3 Å². The Balaban J connectivity index is 2.02. The minimum Gasteiger partial charge on any atom is -0.378 e. The van der Waals surface area contributed by atoms with Crippen LogP contribution in [0.5, 0.6) is 0 Å². The van der Waals surface area contributed by atoms with Crippen molar-refractivity contribution < 1.29 is 4.74 Å². The van der Waals surface area contributed by atoms with E-state index in [0.29, 0.717) is 6.61 Å². The number of aryl methyl sites for hydroxylation is 1. The molecule has 1 aliphatic heterocycles. The van der Waals surface area contributed by atoms with Gasteiger partial charge in [0.15, 0.2) is 0 Å². The van der Waals surface area contributed by atoms with Crippen LogP contribution in [-0.4, -0.2) is 29.7 Å². The van der Waals surface area contributed by atoms with Crippen LogP contribution in [0.1, 0.15) is 29.4 Å². The maximum Gasteiger partial charge on any atom is 0.345 e. The Morgan fingerprint density at radius 3 is 3.12 bits per heavy atom. The minimum absolute atomic E-state index is 0.0860. The van der Waals surface area contributed by atoms with Crippen molar-refractivity contribution in [3.8, 4) is 0 Å². The van der Waals surface area contributed by atoms with E-state index >= 15 is 0 Å². The van der Waals surface area contributed by atoms with Gasteiger partial charge in [-0.25, -0.2) is 4.79 Å². The smallest absolute Gasteiger partial charge is 0.345 e. The summed E-state index contributed by atoms with van der Waals surface area (Å²) in [6.45, 7) is 2.18. The molecule has 1 saturated heterocycles. The summed E-state index contributed by atoms with van der Waals surface area (Å²) in [6.07, 6.45) is 3.10. The number of morpholine rings is 1. The second kappa shape index (κ2) is 3.99. The quantitative estimate of drug-likeness (QED) is 0.696. The second-order valence-electron chi connectivity index (χ2n) is 4.32. The van der Waals surface area contributed by atoms with Crippen LogP contribution in [0.4, 0.5) is 0 Å². The third-order valence-electron chi connectivity index (χ3n) is 3.26. The standard InChI is InChI=1S/C11H15N3O2/c15-11-13-8-3-1-2-7(8)10(14-11)9-6-16-5-4-12-9/h9,12H,1-6H2,(H,13,14,15). The highest BCUT2D eigenvalue weighted by Crippen LogP contribution is 2.25. The molecule has 1 unspecified atom stereocenters. The molecule has 2 aliphatic rings. The lowest BCUT2D eigenvalue weighted by molar-refractivity contribution is 0.0752. The van der Waals surface area contributed by atoms with E-state index in [9.17, 15) is 4.79 Å². The zero-order chi connectivity index (χ0) is 11.0. The number of fused-ring (bicyclic) bond motifs is 1. The van der Waals surface area contributed by atoms with Crippen molar-refractivity contribution in [2.24, 2.45) is 0 Å². The summed E-state index contributed by atoms with van der Waals surface area (Å²) in [5, 5.41) is 3.35. The summed E-state index contributed by atoms with van der Waals surface area (Å²) in [6, 6.07) is 0.0860. The highest BCUT2D eigenvalue weighted by atomic mass is 16.5. The van der Waals surface area contributed by atoms with E-state index in [1.165, 1.54) is 5.56 Å². The zero-order valence-corrected chi connectivity index (χ0v) is 9.08. The molecule has 1 aromatic rings. The molecule has 0 spiro atoms. The lowest BCUT2D eigenvalue weighted by Crippen LogP contribution is -2.37. The van der Waals surface area contributed by atoms with E-state index in [1.54, 1.807) is 0 Å². The van der Waals surface area contributed by atoms with Gasteiger partial charge in [-0.05, 0) is 24.8 Å². The summed E-state index contributed by atoms with van der Waals surface area (Å²) >= 11 is 0. The van der Waals surface area contributed by atoms with Crippen LogP contribution < -0.4 is 11.0 Å². The van der Waals surface area contributed by atoms with Gasteiger partial charge in [0, 0.05) is 12.2 Å². The van der Waals surface area contributed by atoms with Gasteiger partial charge in [-0.1, -0.05) is 0 Å². The average Bonchev–Trinajstić information content (AvgIpc) is 2.77. The lowest BCUT2D eigenvalue weighted by atomic mass is 10.1. The van der Waals surface area contributed by atoms with Crippen LogP contribution in [-0.2, 0) is 17.6 Å². The number of H-pyrrole nitrogens is 1. The maximum absolute atomic E-state index is 11.5. The third kappa shape index (κ3) is 1.66. The Hall–Kier alpha value is -1.20. The van der Waals surface area contributed by atoms with Crippen molar-refractivity contribution >= 4 is 0 Å². The molecule has 1 aromatic heterocycles. The molecule has 0 bridgehead atoms. The molecule has 0 saturated carbocycles. The second-order valence-corrected chi connectivity index (χ2v) is 4.32. The molecule has 0 amide bonds. The number of rotatable bonds is 1. The van der Waals surface area contributed by atoms with Gasteiger partial charge in [-0.15, -0.1) is 0 Å². The number of nitrogens with zero attached hydrogens (tertiary/aromatic N) is 1. The van der Waals surface area contributed by atoms with Gasteiger partial charge in [-0.2, -0.15) is 4.98 Å². The van der Waals surface area contributed by atoms with Crippen molar-refractivity contribution in [3.63, 3.8) is 0 Å². The van der Waals surface area contributed by atoms with E-state index in [-0.39, 0.29) is 11.7 Å². The van der Waals surface area contributed by atoms with E-state index in [2.05, 4.69) is 15.3 Å². The Kier molecular flexibility index (Phi) is 2.49. The van der Waals surface area contributed by atoms with Gasteiger partial charge < -0.3 is 15.0 Å². The van der Waals surface area contributed by atoms with Crippen molar-refractivity contribution in [2.75, 3.05) is 19.8 Å². The fourth-order valence-electron chi connectivity index (χ4n) is 2.53. The highest BCUT2D eigenvalue weighted by Gasteiger charge is 2.25. The molecule has 2 N–H and O–H groups in total. The first-order valence-electron chi connectivity index (χ1n) is 5.77. The number of hydrogen-bond donors (Lipinski definition) is 2. The fourth-order valence-corrected chi connectivity index (χ4v) is 2.53. The first kappa shape index (κ1) is 9.99. The predicted octanol–water partition coefficient (Wildman–Crippen LogP) is -0.0805. The van der Waals surface area contributed by atoms with E-state index in [1.807, 2.05) is 0 Å². The number of hydrogen-bond acceptors (Lipinski definition) is 4. The molecular formula is C11H15N3O2. The molecule has 1 atom stereocenters. The van der Waals surface area contributed by atoms with Gasteiger partial charge in [0.1, 0.15) is 0 Å². The predicted molar refractivity (Wildman–Crippen MR) is 58.4 cm³/mol. The maximum atomic E-state index is 11.5. The number of aromatic nitrogens is 2. The van der Waals surface area contributed by atoms with Crippen LogP contribution in [0.2, 0.25) is 0 Å². The van der Waals surface area contributed by atoms with Crippen LogP contribution in [0.3, 0.4) is 0 Å². The molecule has 0 aromatic carbocycles. The first-order chi connectivity index (χ1) is 7.84. The molecular weight excluding hydrogens is 206 g/mol. The molecule has 5 heteroatoms. The van der Waals surface area contributed by atoms with Crippen LogP contribution >= 0.6 is 0 Å². The molecule has 0 radical (unpaired) electrons. The van der Waals surface area contributed by atoms with E-state index in [4.69, 9.17) is 4.74 Å². The molecule has 1 fully saturated rings.